The van der Waals surface area contributed by atoms with Crippen molar-refractivity contribution in [1.82, 2.24) is 0 Å². The van der Waals surface area contributed by atoms with Crippen LogP contribution in [0.3, 0.4) is 0 Å². The monoisotopic (exact) mass is 337 g/mol. The summed E-state index contributed by atoms with van der Waals surface area (Å²) in [5, 5.41) is 3.56. The summed E-state index contributed by atoms with van der Waals surface area (Å²) < 4.78 is 5.35. The predicted octanol–water partition coefficient (Wildman–Crippen LogP) is 4.92. The van der Waals surface area contributed by atoms with Gasteiger partial charge in [0, 0.05) is 5.56 Å². The smallest absolute Gasteiger partial charge is 0.234 e. The average molecular weight is 338 g/mol. The molecule has 0 saturated carbocycles. The van der Waals surface area contributed by atoms with E-state index in [4.69, 9.17) is 27.9 Å². The van der Waals surface area contributed by atoms with Crippen molar-refractivity contribution in [2.24, 2.45) is 0 Å². The lowest BCUT2D eigenvalue weighted by Gasteiger charge is -2.26. The maximum Gasteiger partial charge on any atom is 0.234 e. The van der Waals surface area contributed by atoms with Gasteiger partial charge in [0.25, 0.3) is 0 Å². The number of hydrogen-bond acceptors (Lipinski definition) is 2. The third-order valence-electron chi connectivity index (χ3n) is 3.55. The van der Waals surface area contributed by atoms with Gasteiger partial charge in [0.15, 0.2) is 0 Å². The van der Waals surface area contributed by atoms with E-state index in [1.807, 2.05) is 38.1 Å². The molecule has 0 aliphatic heterocycles. The minimum atomic E-state index is -0.793. The first-order valence-electron chi connectivity index (χ1n) is 6.77. The molecule has 0 aliphatic rings. The van der Waals surface area contributed by atoms with Crippen LogP contribution in [-0.2, 0) is 10.2 Å². The fourth-order valence-corrected chi connectivity index (χ4v) is 2.51. The summed E-state index contributed by atoms with van der Waals surface area (Å²) in [6.45, 7) is 3.66. The molecule has 0 aliphatic carbocycles. The number of benzene rings is 2. The fraction of sp³-hybridized carbons (Fsp3) is 0.235. The number of methoxy groups -OCH3 is 1. The number of carbonyl (C=O) groups excluding carboxylic acids is 1. The van der Waals surface area contributed by atoms with Gasteiger partial charge < -0.3 is 10.1 Å². The van der Waals surface area contributed by atoms with E-state index in [1.165, 1.54) is 0 Å². The van der Waals surface area contributed by atoms with Gasteiger partial charge in [-0.15, -0.1) is 0 Å². The fourth-order valence-electron chi connectivity index (χ4n) is 2.16. The van der Waals surface area contributed by atoms with Crippen LogP contribution in [0.1, 0.15) is 19.4 Å². The third kappa shape index (κ3) is 3.21. The maximum absolute atomic E-state index is 12.7. The molecule has 2 aromatic rings. The number of nitrogens with one attached hydrogen (secondary N) is 1. The Labute approximate surface area is 140 Å². The van der Waals surface area contributed by atoms with Gasteiger partial charge in [-0.2, -0.15) is 0 Å². The molecule has 0 saturated heterocycles. The first kappa shape index (κ1) is 16.7. The Balaban J connectivity index is 2.33. The molecule has 5 heteroatoms. The van der Waals surface area contributed by atoms with Crippen molar-refractivity contribution in [3.63, 3.8) is 0 Å². The Morgan fingerprint density at radius 3 is 2.45 bits per heavy atom. The molecule has 0 fully saturated rings. The zero-order valence-electron chi connectivity index (χ0n) is 12.6. The van der Waals surface area contributed by atoms with Gasteiger partial charge in [-0.3, -0.25) is 4.79 Å². The quantitative estimate of drug-likeness (QED) is 0.859. The highest BCUT2D eigenvalue weighted by Crippen LogP contribution is 2.34. The number of amides is 1. The number of hydrogen-bond donors (Lipinski definition) is 1. The molecule has 0 heterocycles. The number of carbonyl (C=O) groups is 1. The molecule has 0 spiro atoms. The minimum absolute atomic E-state index is 0.193. The van der Waals surface area contributed by atoms with Crippen LogP contribution in [0.4, 0.5) is 5.69 Å². The highest BCUT2D eigenvalue weighted by Gasteiger charge is 2.32. The molecule has 3 nitrogen and oxygen atoms in total. The van der Waals surface area contributed by atoms with Crippen molar-refractivity contribution in [1.29, 1.82) is 0 Å². The van der Waals surface area contributed by atoms with Crippen molar-refractivity contribution in [3.05, 3.63) is 58.1 Å². The second-order valence-corrected chi connectivity index (χ2v) is 6.17. The normalized spacial score (nSPS) is 11.1. The van der Waals surface area contributed by atoms with Gasteiger partial charge in [-0.25, -0.2) is 0 Å². The van der Waals surface area contributed by atoms with Crippen molar-refractivity contribution < 1.29 is 9.53 Å². The van der Waals surface area contributed by atoms with Crippen molar-refractivity contribution in [2.75, 3.05) is 12.4 Å². The van der Waals surface area contributed by atoms with Crippen LogP contribution >= 0.6 is 23.2 Å². The molecular weight excluding hydrogens is 321 g/mol. The predicted molar refractivity (Wildman–Crippen MR) is 91.1 cm³/mol. The topological polar surface area (TPSA) is 38.3 Å². The van der Waals surface area contributed by atoms with E-state index in [-0.39, 0.29) is 5.91 Å². The van der Waals surface area contributed by atoms with Gasteiger partial charge in [0.1, 0.15) is 5.75 Å². The van der Waals surface area contributed by atoms with Crippen molar-refractivity contribution in [3.8, 4) is 5.75 Å². The van der Waals surface area contributed by atoms with Crippen molar-refractivity contribution >= 4 is 34.8 Å². The van der Waals surface area contributed by atoms with Gasteiger partial charge in [-0.1, -0.05) is 47.5 Å². The number of anilines is 1. The van der Waals surface area contributed by atoms with Crippen molar-refractivity contribution in [2.45, 2.75) is 19.3 Å². The molecule has 2 rings (SSSR count). The average Bonchev–Trinajstić information content (AvgIpc) is 2.51. The van der Waals surface area contributed by atoms with Crippen LogP contribution in [0.2, 0.25) is 10.0 Å². The minimum Gasteiger partial charge on any atom is -0.496 e. The number of halogens is 2. The van der Waals surface area contributed by atoms with Gasteiger partial charge in [-0.05, 0) is 32.0 Å². The van der Waals surface area contributed by atoms with E-state index >= 15 is 0 Å². The van der Waals surface area contributed by atoms with Crippen LogP contribution in [0.25, 0.3) is 0 Å². The summed E-state index contributed by atoms with van der Waals surface area (Å²) in [6.07, 6.45) is 0. The molecule has 116 valence electrons. The molecule has 1 amide bonds. The van der Waals surface area contributed by atoms with E-state index in [9.17, 15) is 4.79 Å². The van der Waals surface area contributed by atoms with Gasteiger partial charge in [0.2, 0.25) is 5.91 Å². The Hall–Kier alpha value is -1.71. The molecular formula is C17H17Cl2NO2. The van der Waals surface area contributed by atoms with E-state index in [2.05, 4.69) is 5.32 Å². The summed E-state index contributed by atoms with van der Waals surface area (Å²) in [6, 6.07) is 12.6. The molecule has 22 heavy (non-hydrogen) atoms. The molecule has 2 aromatic carbocycles. The first-order chi connectivity index (χ1) is 10.4. The lowest BCUT2D eigenvalue weighted by Crippen LogP contribution is -2.35. The summed E-state index contributed by atoms with van der Waals surface area (Å²) in [4.78, 5) is 12.7. The largest absolute Gasteiger partial charge is 0.496 e. The van der Waals surface area contributed by atoms with Crippen LogP contribution in [0.15, 0.2) is 42.5 Å². The van der Waals surface area contributed by atoms with Gasteiger partial charge >= 0.3 is 0 Å². The molecule has 1 N–H and O–H groups in total. The molecule has 0 unspecified atom stereocenters. The van der Waals surface area contributed by atoms with Crippen LogP contribution in [0, 0.1) is 0 Å². The Bertz CT molecular complexity index is 699. The zero-order chi connectivity index (χ0) is 16.3. The van der Waals surface area contributed by atoms with E-state index < -0.39 is 5.41 Å². The Morgan fingerprint density at radius 1 is 1.09 bits per heavy atom. The van der Waals surface area contributed by atoms with Crippen LogP contribution < -0.4 is 10.1 Å². The second kappa shape index (κ2) is 6.59. The maximum atomic E-state index is 12.7. The lowest BCUT2D eigenvalue weighted by atomic mass is 9.83. The molecule has 0 aromatic heterocycles. The van der Waals surface area contributed by atoms with Crippen LogP contribution in [-0.4, -0.2) is 13.0 Å². The standard InChI is InChI=1S/C17H17Cl2NO2/c1-17(2,11-7-4-5-10-14(11)22-3)16(21)20-13-9-6-8-12(18)15(13)19/h4-10H,1-3H3,(H,20,21). The van der Waals surface area contributed by atoms with E-state index in [0.717, 1.165) is 5.56 Å². The first-order valence-corrected chi connectivity index (χ1v) is 7.52. The zero-order valence-corrected chi connectivity index (χ0v) is 14.1. The Kier molecular flexibility index (Phi) is 4.99. The highest BCUT2D eigenvalue weighted by molar-refractivity contribution is 6.44. The summed E-state index contributed by atoms with van der Waals surface area (Å²) >= 11 is 12.1. The molecule has 0 atom stereocenters. The number of rotatable bonds is 4. The summed E-state index contributed by atoms with van der Waals surface area (Å²) in [7, 11) is 1.58. The van der Waals surface area contributed by atoms with E-state index in [1.54, 1.807) is 25.3 Å². The van der Waals surface area contributed by atoms with E-state index in [0.29, 0.717) is 21.5 Å². The highest BCUT2D eigenvalue weighted by atomic mass is 35.5. The molecule has 0 radical (unpaired) electrons. The summed E-state index contributed by atoms with van der Waals surface area (Å²) in [5.74, 6) is 0.473. The third-order valence-corrected chi connectivity index (χ3v) is 4.37. The number of ether oxygens (including phenoxy) is 1. The number of para-hydroxylation sites is 1. The SMILES string of the molecule is COc1ccccc1C(C)(C)C(=O)Nc1cccc(Cl)c1Cl. The second-order valence-electron chi connectivity index (χ2n) is 5.38. The van der Waals surface area contributed by atoms with Crippen LogP contribution in [0.5, 0.6) is 5.75 Å². The lowest BCUT2D eigenvalue weighted by molar-refractivity contribution is -0.120. The summed E-state index contributed by atoms with van der Waals surface area (Å²) in [5.41, 5.74) is 0.494. The molecule has 0 bridgehead atoms. The van der Waals surface area contributed by atoms with Gasteiger partial charge in [0.05, 0.1) is 28.3 Å². The Morgan fingerprint density at radius 2 is 1.77 bits per heavy atom.